The lowest BCUT2D eigenvalue weighted by molar-refractivity contribution is 0.571. The van der Waals surface area contributed by atoms with E-state index in [0.29, 0.717) is 24.8 Å². The third-order valence-corrected chi connectivity index (χ3v) is 3.66. The van der Waals surface area contributed by atoms with Gasteiger partial charge >= 0.3 is 0 Å². The van der Waals surface area contributed by atoms with Crippen molar-refractivity contribution in [1.29, 1.82) is 0 Å². The number of pyridine rings is 1. The molecule has 5 nitrogen and oxygen atoms in total. The van der Waals surface area contributed by atoms with Gasteiger partial charge in [0.2, 0.25) is 10.0 Å². The topological polar surface area (TPSA) is 71.1 Å². The van der Waals surface area contributed by atoms with Crippen molar-refractivity contribution in [3.05, 3.63) is 23.9 Å². The van der Waals surface area contributed by atoms with Gasteiger partial charge in [-0.2, -0.15) is 0 Å². The van der Waals surface area contributed by atoms with Gasteiger partial charge in [-0.3, -0.25) is 4.72 Å². The Morgan fingerprint density at radius 1 is 1.33 bits per heavy atom. The predicted octanol–water partition coefficient (Wildman–Crippen LogP) is 1.52. The SMILES string of the molecule is Cc1ccc(NS(=O)(=O)CCCNC(C)C)nc1. The second-order valence-electron chi connectivity index (χ2n) is 4.60. The molecule has 0 saturated carbocycles. The number of aromatic nitrogens is 1. The summed E-state index contributed by atoms with van der Waals surface area (Å²) >= 11 is 0. The summed E-state index contributed by atoms with van der Waals surface area (Å²) in [5, 5.41) is 3.18. The Bertz CT molecular complexity index is 455. The molecule has 0 fully saturated rings. The van der Waals surface area contributed by atoms with Gasteiger partial charge in [-0.15, -0.1) is 0 Å². The molecule has 18 heavy (non-hydrogen) atoms. The van der Waals surface area contributed by atoms with Crippen LogP contribution < -0.4 is 10.0 Å². The second kappa shape index (κ2) is 6.70. The maximum Gasteiger partial charge on any atom is 0.233 e. The van der Waals surface area contributed by atoms with Crippen LogP contribution in [0.4, 0.5) is 5.82 Å². The van der Waals surface area contributed by atoms with Crippen molar-refractivity contribution in [3.8, 4) is 0 Å². The summed E-state index contributed by atoms with van der Waals surface area (Å²) in [6.45, 7) is 6.66. The molecule has 0 aromatic carbocycles. The van der Waals surface area contributed by atoms with Crippen LogP contribution in [0, 0.1) is 6.92 Å². The lowest BCUT2D eigenvalue weighted by Gasteiger charge is -2.09. The zero-order valence-electron chi connectivity index (χ0n) is 11.1. The van der Waals surface area contributed by atoms with Crippen LogP contribution >= 0.6 is 0 Å². The van der Waals surface area contributed by atoms with Gasteiger partial charge in [-0.05, 0) is 31.5 Å². The molecule has 1 aromatic rings. The molecule has 0 bridgehead atoms. The first kappa shape index (κ1) is 14.9. The Kier molecular flexibility index (Phi) is 5.55. The first-order chi connectivity index (χ1) is 8.39. The maximum absolute atomic E-state index is 11.8. The largest absolute Gasteiger partial charge is 0.314 e. The van der Waals surface area contributed by atoms with E-state index >= 15 is 0 Å². The summed E-state index contributed by atoms with van der Waals surface area (Å²) < 4.78 is 26.0. The molecular formula is C12H21N3O2S. The van der Waals surface area contributed by atoms with Crippen LogP contribution in [0.5, 0.6) is 0 Å². The molecule has 0 unspecified atom stereocenters. The van der Waals surface area contributed by atoms with Crippen molar-refractivity contribution >= 4 is 15.8 Å². The van der Waals surface area contributed by atoms with Crippen LogP contribution in [0.25, 0.3) is 0 Å². The molecular weight excluding hydrogens is 250 g/mol. The molecule has 1 rings (SSSR count). The molecule has 0 radical (unpaired) electrons. The molecule has 102 valence electrons. The fourth-order valence-corrected chi connectivity index (χ4v) is 2.46. The van der Waals surface area contributed by atoms with E-state index in [9.17, 15) is 8.42 Å². The standard InChI is InChI=1S/C12H21N3O2S/c1-10(2)13-7-4-8-18(16,17)15-12-6-5-11(3)9-14-12/h5-6,9-10,13H,4,7-8H2,1-3H3,(H,14,15). The molecule has 0 aliphatic rings. The van der Waals surface area contributed by atoms with Crippen LogP contribution in [0.1, 0.15) is 25.8 Å². The average molecular weight is 271 g/mol. The Labute approximate surface area is 109 Å². The molecule has 1 aromatic heterocycles. The number of hydrogen-bond acceptors (Lipinski definition) is 4. The van der Waals surface area contributed by atoms with Crippen molar-refractivity contribution in [2.24, 2.45) is 0 Å². The van der Waals surface area contributed by atoms with Crippen molar-refractivity contribution < 1.29 is 8.42 Å². The number of nitrogens with one attached hydrogen (secondary N) is 2. The minimum atomic E-state index is -3.30. The van der Waals surface area contributed by atoms with Gasteiger partial charge in [0, 0.05) is 12.2 Å². The van der Waals surface area contributed by atoms with E-state index in [1.54, 1.807) is 12.3 Å². The third kappa shape index (κ3) is 5.97. The lowest BCUT2D eigenvalue weighted by atomic mass is 10.3. The molecule has 0 aliphatic carbocycles. The highest BCUT2D eigenvalue weighted by atomic mass is 32.2. The number of sulfonamides is 1. The fraction of sp³-hybridized carbons (Fsp3) is 0.583. The normalized spacial score (nSPS) is 11.8. The highest BCUT2D eigenvalue weighted by molar-refractivity contribution is 7.92. The van der Waals surface area contributed by atoms with Gasteiger partial charge in [-0.25, -0.2) is 13.4 Å². The van der Waals surface area contributed by atoms with Crippen molar-refractivity contribution in [2.75, 3.05) is 17.0 Å². The van der Waals surface area contributed by atoms with Gasteiger partial charge in [0.05, 0.1) is 5.75 Å². The lowest BCUT2D eigenvalue weighted by Crippen LogP contribution is -2.26. The Hall–Kier alpha value is -1.14. The monoisotopic (exact) mass is 271 g/mol. The summed E-state index contributed by atoms with van der Waals surface area (Å²) in [5.74, 6) is 0.472. The minimum Gasteiger partial charge on any atom is -0.314 e. The Morgan fingerprint density at radius 2 is 2.06 bits per heavy atom. The summed E-state index contributed by atoms with van der Waals surface area (Å²) in [7, 11) is -3.30. The van der Waals surface area contributed by atoms with Gasteiger partial charge in [0.15, 0.2) is 0 Å². The van der Waals surface area contributed by atoms with E-state index in [4.69, 9.17) is 0 Å². The number of rotatable bonds is 7. The Balaban J connectivity index is 2.42. The third-order valence-electron chi connectivity index (χ3n) is 2.31. The summed E-state index contributed by atoms with van der Waals surface area (Å²) in [5.41, 5.74) is 0.999. The van der Waals surface area contributed by atoms with Crippen LogP contribution in [0.2, 0.25) is 0 Å². The molecule has 0 atom stereocenters. The molecule has 0 spiro atoms. The molecule has 1 heterocycles. The van der Waals surface area contributed by atoms with Gasteiger partial charge in [0.1, 0.15) is 5.82 Å². The summed E-state index contributed by atoms with van der Waals surface area (Å²) in [6.07, 6.45) is 2.22. The smallest absolute Gasteiger partial charge is 0.233 e. The average Bonchev–Trinajstić information content (AvgIpc) is 2.27. The van der Waals surface area contributed by atoms with Crippen LogP contribution in [0.15, 0.2) is 18.3 Å². The minimum absolute atomic E-state index is 0.0995. The van der Waals surface area contributed by atoms with Gasteiger partial charge in [-0.1, -0.05) is 19.9 Å². The fourth-order valence-electron chi connectivity index (χ4n) is 1.39. The van der Waals surface area contributed by atoms with Gasteiger partial charge < -0.3 is 5.32 Å². The van der Waals surface area contributed by atoms with Crippen LogP contribution in [-0.2, 0) is 10.0 Å². The highest BCUT2D eigenvalue weighted by Crippen LogP contribution is 2.06. The quantitative estimate of drug-likeness (QED) is 0.738. The highest BCUT2D eigenvalue weighted by Gasteiger charge is 2.10. The zero-order valence-corrected chi connectivity index (χ0v) is 11.9. The van der Waals surface area contributed by atoms with Crippen molar-refractivity contribution in [2.45, 2.75) is 33.2 Å². The maximum atomic E-state index is 11.8. The van der Waals surface area contributed by atoms with Crippen molar-refractivity contribution in [3.63, 3.8) is 0 Å². The van der Waals surface area contributed by atoms with E-state index in [2.05, 4.69) is 15.0 Å². The van der Waals surface area contributed by atoms with Crippen molar-refractivity contribution in [1.82, 2.24) is 10.3 Å². The first-order valence-corrected chi connectivity index (χ1v) is 7.71. The van der Waals surface area contributed by atoms with Gasteiger partial charge in [0.25, 0.3) is 0 Å². The zero-order chi connectivity index (χ0) is 13.6. The Morgan fingerprint density at radius 3 is 2.61 bits per heavy atom. The molecule has 0 saturated heterocycles. The molecule has 0 amide bonds. The number of nitrogens with zero attached hydrogens (tertiary/aromatic N) is 1. The predicted molar refractivity (Wildman–Crippen MR) is 74.1 cm³/mol. The van der Waals surface area contributed by atoms with E-state index in [0.717, 1.165) is 5.56 Å². The van der Waals surface area contributed by atoms with E-state index in [1.165, 1.54) is 0 Å². The van der Waals surface area contributed by atoms with Crippen LogP contribution in [0.3, 0.4) is 0 Å². The number of hydrogen-bond donors (Lipinski definition) is 2. The molecule has 2 N–H and O–H groups in total. The van der Waals surface area contributed by atoms with E-state index in [1.807, 2.05) is 26.8 Å². The summed E-state index contributed by atoms with van der Waals surface area (Å²) in [4.78, 5) is 4.01. The number of aryl methyl sites for hydroxylation is 1. The van der Waals surface area contributed by atoms with Crippen LogP contribution in [-0.4, -0.2) is 31.7 Å². The van der Waals surface area contributed by atoms with E-state index in [-0.39, 0.29) is 5.75 Å². The molecule has 0 aliphatic heterocycles. The van der Waals surface area contributed by atoms with E-state index < -0.39 is 10.0 Å². The summed E-state index contributed by atoms with van der Waals surface area (Å²) in [6, 6.07) is 3.86. The number of anilines is 1. The first-order valence-electron chi connectivity index (χ1n) is 6.05. The second-order valence-corrected chi connectivity index (χ2v) is 6.45. The molecule has 6 heteroatoms.